The van der Waals surface area contributed by atoms with Gasteiger partial charge in [0.05, 0.1) is 13.0 Å². The molecule has 0 aromatic rings. The number of esters is 1. The average molecular weight is 171 g/mol. The summed E-state index contributed by atoms with van der Waals surface area (Å²) >= 11 is 0. The SMILES string of the molecule is COC(=O)C1CCN(C)CC1C. The minimum atomic E-state index is -0.0457. The minimum absolute atomic E-state index is 0.0457. The molecule has 2 unspecified atom stereocenters. The van der Waals surface area contributed by atoms with Gasteiger partial charge < -0.3 is 9.64 Å². The van der Waals surface area contributed by atoms with E-state index < -0.39 is 0 Å². The van der Waals surface area contributed by atoms with Crippen LogP contribution in [0.3, 0.4) is 0 Å². The molecule has 1 aliphatic heterocycles. The first kappa shape index (κ1) is 9.52. The fraction of sp³-hybridized carbons (Fsp3) is 0.889. The Morgan fingerprint density at radius 2 is 2.25 bits per heavy atom. The lowest BCUT2D eigenvalue weighted by atomic mass is 9.87. The maximum atomic E-state index is 11.2. The Labute approximate surface area is 73.7 Å². The second kappa shape index (κ2) is 3.90. The monoisotopic (exact) mass is 171 g/mol. The van der Waals surface area contributed by atoms with Crippen molar-refractivity contribution < 1.29 is 9.53 Å². The Morgan fingerprint density at radius 3 is 2.75 bits per heavy atom. The molecule has 0 radical (unpaired) electrons. The zero-order valence-corrected chi connectivity index (χ0v) is 8.04. The second-order valence-corrected chi connectivity index (χ2v) is 3.66. The maximum Gasteiger partial charge on any atom is 0.309 e. The number of hydrogen-bond donors (Lipinski definition) is 0. The second-order valence-electron chi connectivity index (χ2n) is 3.66. The summed E-state index contributed by atoms with van der Waals surface area (Å²) in [5, 5.41) is 0. The van der Waals surface area contributed by atoms with Crippen LogP contribution in [0.5, 0.6) is 0 Å². The van der Waals surface area contributed by atoms with Gasteiger partial charge in [-0.25, -0.2) is 0 Å². The Morgan fingerprint density at radius 1 is 1.58 bits per heavy atom. The first-order valence-electron chi connectivity index (χ1n) is 4.41. The number of rotatable bonds is 1. The van der Waals surface area contributed by atoms with E-state index in [-0.39, 0.29) is 11.9 Å². The average Bonchev–Trinajstić information content (AvgIpc) is 2.03. The van der Waals surface area contributed by atoms with Gasteiger partial charge in [-0.3, -0.25) is 4.79 Å². The van der Waals surface area contributed by atoms with Crippen molar-refractivity contribution in [3.8, 4) is 0 Å². The summed E-state index contributed by atoms with van der Waals surface area (Å²) in [6.07, 6.45) is 0.935. The third kappa shape index (κ3) is 1.97. The van der Waals surface area contributed by atoms with Crippen LogP contribution >= 0.6 is 0 Å². The van der Waals surface area contributed by atoms with Gasteiger partial charge in [-0.05, 0) is 25.9 Å². The number of nitrogens with zero attached hydrogens (tertiary/aromatic N) is 1. The molecule has 0 aromatic carbocycles. The van der Waals surface area contributed by atoms with E-state index >= 15 is 0 Å². The summed E-state index contributed by atoms with van der Waals surface area (Å²) in [5.41, 5.74) is 0. The first-order chi connectivity index (χ1) is 5.65. The van der Waals surface area contributed by atoms with Crippen LogP contribution in [0.15, 0.2) is 0 Å². The summed E-state index contributed by atoms with van der Waals surface area (Å²) in [7, 11) is 3.55. The van der Waals surface area contributed by atoms with Crippen LogP contribution in [0.2, 0.25) is 0 Å². The number of carbonyl (C=O) groups is 1. The van der Waals surface area contributed by atoms with Crippen molar-refractivity contribution >= 4 is 5.97 Å². The lowest BCUT2D eigenvalue weighted by Crippen LogP contribution is -2.40. The molecule has 0 saturated carbocycles. The van der Waals surface area contributed by atoms with E-state index in [1.54, 1.807) is 0 Å². The van der Waals surface area contributed by atoms with E-state index in [1.165, 1.54) is 7.11 Å². The van der Waals surface area contributed by atoms with E-state index in [0.29, 0.717) is 5.92 Å². The summed E-state index contributed by atoms with van der Waals surface area (Å²) < 4.78 is 4.74. The highest BCUT2D eigenvalue weighted by Crippen LogP contribution is 2.23. The van der Waals surface area contributed by atoms with Gasteiger partial charge in [0.15, 0.2) is 0 Å². The fourth-order valence-electron chi connectivity index (χ4n) is 1.86. The fourth-order valence-corrected chi connectivity index (χ4v) is 1.86. The van der Waals surface area contributed by atoms with Crippen LogP contribution in [0.1, 0.15) is 13.3 Å². The van der Waals surface area contributed by atoms with Gasteiger partial charge in [0.1, 0.15) is 0 Å². The summed E-state index contributed by atoms with van der Waals surface area (Å²) in [6.45, 7) is 4.11. The van der Waals surface area contributed by atoms with Crippen LogP contribution in [0, 0.1) is 11.8 Å². The lowest BCUT2D eigenvalue weighted by Gasteiger charge is -2.32. The molecule has 3 heteroatoms. The van der Waals surface area contributed by atoms with Crippen LogP contribution < -0.4 is 0 Å². The smallest absolute Gasteiger partial charge is 0.309 e. The quantitative estimate of drug-likeness (QED) is 0.545. The Hall–Kier alpha value is -0.570. The van der Waals surface area contributed by atoms with Crippen molar-refractivity contribution in [3.05, 3.63) is 0 Å². The number of methoxy groups -OCH3 is 1. The Kier molecular flexibility index (Phi) is 3.09. The van der Waals surface area contributed by atoms with E-state index in [9.17, 15) is 4.79 Å². The predicted octanol–water partition coefficient (Wildman–Crippen LogP) is 0.747. The van der Waals surface area contributed by atoms with Crippen LogP contribution in [0.4, 0.5) is 0 Å². The normalized spacial score (nSPS) is 31.6. The van der Waals surface area contributed by atoms with Crippen molar-refractivity contribution in [1.29, 1.82) is 0 Å². The highest BCUT2D eigenvalue weighted by Gasteiger charge is 2.30. The molecule has 0 aromatic heterocycles. The molecule has 1 heterocycles. The van der Waals surface area contributed by atoms with Gasteiger partial charge in [-0.1, -0.05) is 6.92 Å². The van der Waals surface area contributed by atoms with Gasteiger partial charge >= 0.3 is 5.97 Å². The minimum Gasteiger partial charge on any atom is -0.469 e. The summed E-state index contributed by atoms with van der Waals surface area (Å²) in [5.74, 6) is 0.498. The molecule has 0 amide bonds. The molecular formula is C9H17NO2. The highest BCUT2D eigenvalue weighted by molar-refractivity contribution is 5.72. The van der Waals surface area contributed by atoms with E-state index in [4.69, 9.17) is 4.74 Å². The topological polar surface area (TPSA) is 29.5 Å². The number of ether oxygens (including phenoxy) is 1. The van der Waals surface area contributed by atoms with Crippen molar-refractivity contribution in [2.75, 3.05) is 27.2 Å². The number of piperidine rings is 1. The molecule has 0 bridgehead atoms. The third-order valence-electron chi connectivity index (χ3n) is 2.61. The molecule has 0 N–H and O–H groups in total. The number of carbonyl (C=O) groups excluding carboxylic acids is 1. The molecule has 1 aliphatic rings. The molecule has 3 nitrogen and oxygen atoms in total. The largest absolute Gasteiger partial charge is 0.469 e. The molecule has 2 atom stereocenters. The van der Waals surface area contributed by atoms with Crippen molar-refractivity contribution in [1.82, 2.24) is 4.90 Å². The molecule has 0 aliphatic carbocycles. The summed E-state index contributed by atoms with van der Waals surface area (Å²) in [4.78, 5) is 13.5. The standard InChI is InChI=1S/C9H17NO2/c1-7-6-10(2)5-4-8(7)9(11)12-3/h7-8H,4-6H2,1-3H3. The molecular weight excluding hydrogens is 154 g/mol. The maximum absolute atomic E-state index is 11.2. The molecule has 0 spiro atoms. The molecule has 1 rings (SSSR count). The van der Waals surface area contributed by atoms with E-state index in [0.717, 1.165) is 19.5 Å². The zero-order chi connectivity index (χ0) is 9.14. The Balaban J connectivity index is 2.50. The van der Waals surface area contributed by atoms with Crippen molar-refractivity contribution in [3.63, 3.8) is 0 Å². The molecule has 1 fully saturated rings. The molecule has 70 valence electrons. The number of likely N-dealkylation sites (tertiary alicyclic amines) is 1. The van der Waals surface area contributed by atoms with Gasteiger partial charge in [-0.15, -0.1) is 0 Å². The molecule has 1 saturated heterocycles. The van der Waals surface area contributed by atoms with E-state index in [2.05, 4.69) is 18.9 Å². The summed E-state index contributed by atoms with van der Waals surface area (Å²) in [6, 6.07) is 0. The van der Waals surface area contributed by atoms with Gasteiger partial charge in [-0.2, -0.15) is 0 Å². The van der Waals surface area contributed by atoms with Crippen LogP contribution in [-0.4, -0.2) is 38.1 Å². The Bertz CT molecular complexity index is 170. The van der Waals surface area contributed by atoms with Crippen LogP contribution in [-0.2, 0) is 9.53 Å². The molecule has 12 heavy (non-hydrogen) atoms. The first-order valence-corrected chi connectivity index (χ1v) is 4.41. The predicted molar refractivity (Wildman–Crippen MR) is 46.8 cm³/mol. The third-order valence-corrected chi connectivity index (χ3v) is 2.61. The van der Waals surface area contributed by atoms with Gasteiger partial charge in [0, 0.05) is 6.54 Å². The van der Waals surface area contributed by atoms with Gasteiger partial charge in [0.2, 0.25) is 0 Å². The van der Waals surface area contributed by atoms with E-state index in [1.807, 2.05) is 0 Å². The van der Waals surface area contributed by atoms with Gasteiger partial charge in [0.25, 0.3) is 0 Å². The number of hydrogen-bond acceptors (Lipinski definition) is 3. The van der Waals surface area contributed by atoms with Crippen LogP contribution in [0.25, 0.3) is 0 Å². The van der Waals surface area contributed by atoms with Crippen molar-refractivity contribution in [2.24, 2.45) is 11.8 Å². The highest BCUT2D eigenvalue weighted by atomic mass is 16.5. The van der Waals surface area contributed by atoms with Crippen molar-refractivity contribution in [2.45, 2.75) is 13.3 Å². The zero-order valence-electron chi connectivity index (χ0n) is 8.04. The lowest BCUT2D eigenvalue weighted by molar-refractivity contribution is -0.149.